The van der Waals surface area contributed by atoms with Crippen molar-refractivity contribution in [2.45, 2.75) is 25.7 Å². The van der Waals surface area contributed by atoms with Crippen LogP contribution in [0.5, 0.6) is 0 Å². The number of rotatable bonds is 1. The lowest BCUT2D eigenvalue weighted by atomic mass is 9.91. The van der Waals surface area contributed by atoms with E-state index in [-0.39, 0.29) is 0 Å². The van der Waals surface area contributed by atoms with Crippen LogP contribution in [0.4, 0.5) is 0 Å². The largest absolute Gasteiger partial charge is 0.317 e. The number of benzene rings is 1. The molecule has 2 heterocycles. The molecule has 1 aromatic heterocycles. The van der Waals surface area contributed by atoms with Gasteiger partial charge in [0.25, 0.3) is 0 Å². The second-order valence-corrected chi connectivity index (χ2v) is 4.63. The van der Waals surface area contributed by atoms with Crippen LogP contribution >= 0.6 is 0 Å². The highest BCUT2D eigenvalue weighted by Gasteiger charge is 2.20. The molecule has 1 aliphatic rings. The molecule has 0 atom stereocenters. The molecule has 0 radical (unpaired) electrons. The zero-order valence-electron chi connectivity index (χ0n) is 9.59. The van der Waals surface area contributed by atoms with Crippen LogP contribution in [0.1, 0.15) is 30.0 Å². The number of nitrogens with zero attached hydrogens (tertiary/aromatic N) is 1. The highest BCUT2D eigenvalue weighted by Crippen LogP contribution is 2.31. The van der Waals surface area contributed by atoms with Crippen LogP contribution in [0.3, 0.4) is 0 Å². The molecule has 0 saturated carbocycles. The molecular formula is C13H17N3. The zero-order chi connectivity index (χ0) is 11.0. The van der Waals surface area contributed by atoms with E-state index in [9.17, 15) is 0 Å². The van der Waals surface area contributed by atoms with Crippen LogP contribution in [0.15, 0.2) is 18.2 Å². The maximum Gasteiger partial charge on any atom is 0.0926 e. The summed E-state index contributed by atoms with van der Waals surface area (Å²) in [6.45, 7) is 4.41. The van der Waals surface area contributed by atoms with E-state index in [0.29, 0.717) is 5.92 Å². The first-order valence-corrected chi connectivity index (χ1v) is 6.00. The molecule has 2 aromatic rings. The van der Waals surface area contributed by atoms with Gasteiger partial charge in [-0.2, -0.15) is 5.10 Å². The van der Waals surface area contributed by atoms with E-state index >= 15 is 0 Å². The Morgan fingerprint density at radius 1 is 1.25 bits per heavy atom. The van der Waals surface area contributed by atoms with Crippen LogP contribution in [-0.2, 0) is 0 Å². The lowest BCUT2D eigenvalue weighted by molar-refractivity contribution is 0.454. The van der Waals surface area contributed by atoms with Gasteiger partial charge in [-0.05, 0) is 44.5 Å². The molecule has 2 N–H and O–H groups in total. The van der Waals surface area contributed by atoms with E-state index in [0.717, 1.165) is 18.6 Å². The van der Waals surface area contributed by atoms with Gasteiger partial charge in [-0.25, -0.2) is 0 Å². The van der Waals surface area contributed by atoms with Gasteiger partial charge >= 0.3 is 0 Å². The third kappa shape index (κ3) is 1.52. The fraction of sp³-hybridized carbons (Fsp3) is 0.462. The molecule has 1 aliphatic heterocycles. The molecule has 3 heteroatoms. The number of piperidine rings is 1. The van der Waals surface area contributed by atoms with Crippen molar-refractivity contribution in [3.8, 4) is 0 Å². The third-order valence-electron chi connectivity index (χ3n) is 3.56. The third-order valence-corrected chi connectivity index (χ3v) is 3.56. The van der Waals surface area contributed by atoms with Gasteiger partial charge in [-0.3, -0.25) is 5.10 Å². The predicted molar refractivity (Wildman–Crippen MR) is 65.7 cm³/mol. The first-order valence-electron chi connectivity index (χ1n) is 6.00. The number of aromatic amines is 1. The van der Waals surface area contributed by atoms with Gasteiger partial charge in [0, 0.05) is 17.0 Å². The lowest BCUT2D eigenvalue weighted by Crippen LogP contribution is -2.26. The van der Waals surface area contributed by atoms with Gasteiger partial charge in [0.2, 0.25) is 0 Å². The topological polar surface area (TPSA) is 40.7 Å². The number of nitrogens with one attached hydrogen (secondary N) is 2. The van der Waals surface area contributed by atoms with E-state index in [1.54, 1.807) is 0 Å². The van der Waals surface area contributed by atoms with Crippen molar-refractivity contribution in [2.75, 3.05) is 13.1 Å². The van der Waals surface area contributed by atoms with Gasteiger partial charge < -0.3 is 5.32 Å². The normalized spacial score (nSPS) is 18.1. The van der Waals surface area contributed by atoms with E-state index in [4.69, 9.17) is 0 Å². The fourth-order valence-corrected chi connectivity index (χ4v) is 2.68. The predicted octanol–water partition coefficient (Wildman–Crippen LogP) is 2.34. The van der Waals surface area contributed by atoms with E-state index in [1.165, 1.54) is 29.5 Å². The molecular weight excluding hydrogens is 198 g/mol. The van der Waals surface area contributed by atoms with Gasteiger partial charge in [0.1, 0.15) is 0 Å². The average molecular weight is 215 g/mol. The minimum atomic E-state index is 0.646. The molecule has 0 aliphatic carbocycles. The highest BCUT2D eigenvalue weighted by molar-refractivity contribution is 5.85. The van der Waals surface area contributed by atoms with Crippen molar-refractivity contribution in [1.82, 2.24) is 15.5 Å². The fourth-order valence-electron chi connectivity index (χ4n) is 2.68. The van der Waals surface area contributed by atoms with Crippen molar-refractivity contribution < 1.29 is 0 Å². The summed E-state index contributed by atoms with van der Waals surface area (Å²) in [7, 11) is 0. The Labute approximate surface area is 95.2 Å². The number of fused-ring (bicyclic) bond motifs is 1. The van der Waals surface area contributed by atoms with Gasteiger partial charge in [-0.1, -0.05) is 12.1 Å². The minimum Gasteiger partial charge on any atom is -0.317 e. The summed E-state index contributed by atoms with van der Waals surface area (Å²) in [5, 5.41) is 12.4. The monoisotopic (exact) mass is 215 g/mol. The van der Waals surface area contributed by atoms with Crippen molar-refractivity contribution in [1.29, 1.82) is 0 Å². The maximum atomic E-state index is 4.41. The van der Waals surface area contributed by atoms with Crippen LogP contribution in [-0.4, -0.2) is 23.3 Å². The smallest absolute Gasteiger partial charge is 0.0926 e. The Bertz CT molecular complexity index is 495. The van der Waals surface area contributed by atoms with Crippen molar-refractivity contribution >= 4 is 10.9 Å². The molecule has 0 spiro atoms. The molecule has 16 heavy (non-hydrogen) atoms. The zero-order valence-corrected chi connectivity index (χ0v) is 9.59. The van der Waals surface area contributed by atoms with Crippen molar-refractivity contribution in [3.05, 3.63) is 29.5 Å². The first kappa shape index (κ1) is 9.85. The van der Waals surface area contributed by atoms with Crippen LogP contribution in [0.2, 0.25) is 0 Å². The number of aryl methyl sites for hydroxylation is 1. The molecule has 1 saturated heterocycles. The summed E-state index contributed by atoms with van der Waals surface area (Å²) in [4.78, 5) is 0. The molecule has 3 nitrogen and oxygen atoms in total. The molecule has 0 bridgehead atoms. The van der Waals surface area contributed by atoms with Crippen LogP contribution < -0.4 is 5.32 Å². The standard InChI is InChI=1S/C13H17N3/c1-9-3-2-4-11-12(9)13(16-15-11)10-5-7-14-8-6-10/h2-4,10,14H,5-8H2,1H3,(H,15,16). The Kier molecular flexibility index (Phi) is 2.40. The molecule has 0 amide bonds. The van der Waals surface area contributed by atoms with Gasteiger partial charge in [0.05, 0.1) is 5.52 Å². The molecule has 1 aromatic carbocycles. The maximum absolute atomic E-state index is 4.41. The summed E-state index contributed by atoms with van der Waals surface area (Å²) in [5.41, 5.74) is 3.78. The molecule has 1 fully saturated rings. The summed E-state index contributed by atoms with van der Waals surface area (Å²) < 4.78 is 0. The average Bonchev–Trinajstić information content (AvgIpc) is 2.75. The number of hydrogen-bond acceptors (Lipinski definition) is 2. The molecule has 84 valence electrons. The van der Waals surface area contributed by atoms with E-state index < -0.39 is 0 Å². The SMILES string of the molecule is Cc1cccc2n[nH]c(C3CCNCC3)c12. The number of aromatic nitrogens is 2. The summed E-state index contributed by atoms with van der Waals surface area (Å²) in [5.74, 6) is 0.646. The van der Waals surface area contributed by atoms with Crippen LogP contribution in [0.25, 0.3) is 10.9 Å². The van der Waals surface area contributed by atoms with Crippen molar-refractivity contribution in [3.63, 3.8) is 0 Å². The Morgan fingerprint density at radius 2 is 2.06 bits per heavy atom. The van der Waals surface area contributed by atoms with E-state index in [1.807, 2.05) is 0 Å². The molecule has 3 rings (SSSR count). The van der Waals surface area contributed by atoms with E-state index in [2.05, 4.69) is 40.6 Å². The second kappa shape index (κ2) is 3.91. The lowest BCUT2D eigenvalue weighted by Gasteiger charge is -2.21. The Morgan fingerprint density at radius 3 is 2.88 bits per heavy atom. The number of hydrogen-bond donors (Lipinski definition) is 2. The Hall–Kier alpha value is -1.35. The van der Waals surface area contributed by atoms with Gasteiger partial charge in [-0.15, -0.1) is 0 Å². The number of H-pyrrole nitrogens is 1. The van der Waals surface area contributed by atoms with Gasteiger partial charge in [0.15, 0.2) is 0 Å². The quantitative estimate of drug-likeness (QED) is 0.766. The van der Waals surface area contributed by atoms with Crippen LogP contribution in [0, 0.1) is 6.92 Å². The summed E-state index contributed by atoms with van der Waals surface area (Å²) in [6, 6.07) is 6.33. The highest BCUT2D eigenvalue weighted by atomic mass is 15.1. The summed E-state index contributed by atoms with van der Waals surface area (Å²) in [6.07, 6.45) is 2.43. The first-order chi connectivity index (χ1) is 7.86. The molecule has 0 unspecified atom stereocenters. The van der Waals surface area contributed by atoms with Crippen molar-refractivity contribution in [2.24, 2.45) is 0 Å². The second-order valence-electron chi connectivity index (χ2n) is 4.63. The Balaban J connectivity index is 2.09. The summed E-state index contributed by atoms with van der Waals surface area (Å²) >= 11 is 0. The minimum absolute atomic E-state index is 0.646.